The molecule has 5 heterocycles. The van der Waals surface area contributed by atoms with Crippen molar-refractivity contribution in [3.05, 3.63) is 289 Å². The fraction of sp³-hybridized carbons (Fsp3) is 0.536. The maximum absolute atomic E-state index is 3.81. The third-order valence-electron chi connectivity index (χ3n) is 15.4. The predicted octanol–water partition coefficient (Wildman–Crippen LogP) is 35.4. The van der Waals surface area contributed by atoms with Gasteiger partial charge in [-0.2, -0.15) is 25.5 Å². The minimum absolute atomic E-state index is 0.711. The third-order valence-corrected chi connectivity index (χ3v) is 15.4. The number of allylic oxidation sites excluding steroid dienone is 4. The molecule has 5 aliphatic carbocycles. The van der Waals surface area contributed by atoms with Gasteiger partial charge in [-0.15, -0.1) is 15.3 Å². The quantitative estimate of drug-likeness (QED) is 0.142. The predicted molar refractivity (Wildman–Crippen MR) is 568 cm³/mol. The molecule has 0 amide bonds. The van der Waals surface area contributed by atoms with Gasteiger partial charge in [0.1, 0.15) is 37.0 Å². The van der Waals surface area contributed by atoms with E-state index >= 15 is 0 Å². The normalized spacial score (nSPS) is 11.4. The highest BCUT2D eigenvalue weighted by molar-refractivity contribution is 5.85. The number of hydrogen-bond acceptors (Lipinski definition) is 14. The van der Waals surface area contributed by atoms with E-state index in [0.717, 1.165) is 58.8 Å². The summed E-state index contributed by atoms with van der Waals surface area (Å²) in [7, 11) is 0. The number of fused-ring (bicyclic) bond motifs is 2. The van der Waals surface area contributed by atoms with Gasteiger partial charge in [-0.05, 0) is 155 Å². The summed E-state index contributed by atoms with van der Waals surface area (Å²) in [5.74, 6) is 6.48. The van der Waals surface area contributed by atoms with Gasteiger partial charge >= 0.3 is 0 Å². The fourth-order valence-electron chi connectivity index (χ4n) is 8.59. The number of aromatic nitrogens is 14. The van der Waals surface area contributed by atoms with Crippen molar-refractivity contribution in [1.29, 1.82) is 0 Å². The summed E-state index contributed by atoms with van der Waals surface area (Å²) >= 11 is 0. The van der Waals surface area contributed by atoms with E-state index in [1.165, 1.54) is 146 Å². The van der Waals surface area contributed by atoms with Crippen molar-refractivity contribution >= 4 is 21.5 Å². The molecule has 3 fully saturated rings. The smallest absolute Gasteiger partial charge is 0.147 e. The van der Waals surface area contributed by atoms with E-state index in [-0.39, 0.29) is 0 Å². The standard InChI is InChI=1S/2C11H10.C8H10.C7H8.C6H12.C6H10.C5H6N2.C5H10.C5H8.4C4H5N3.C4H8.14C2H6/c1-9-5-4-7-10-6-2-3-8-11(9)10;1-9-6-7-10-4-2-3-5-11(10)8-9;1-2-8-6-4-3-5-7-8;1-7-5-3-2-4-6-7;2*1-6-4-2-3-5-6;1-5-2-3-6-7-4-5;2*1-5-3-2-4-5;1-4-6-2-5-3-7-4;1-4-2-6-7-3-5-4;1-4-2-5-3-6-7-4;1-4-5-2-3-6-7-4;1-4-2-3-4;14*1-2/h2*2-8H,1H3;3-7H,2H2,1H3;2-6H,1H3;6H,2-5H2,1H3;2-3,6H,4-5H2,1H3;2-4H,1H3;5H,2-4H2,1H3;2-3,5H,4H2,1H3;4*2-3H,1H3;4H,2-3H2,1H3;14*1-2H3. The van der Waals surface area contributed by atoms with E-state index in [1.807, 2.05) is 252 Å². The number of benzene rings is 6. The van der Waals surface area contributed by atoms with E-state index in [2.05, 4.69) is 279 Å². The fourth-order valence-corrected chi connectivity index (χ4v) is 8.59. The Hall–Kier alpha value is -9.56. The number of rotatable bonds is 1. The lowest BCUT2D eigenvalue weighted by Crippen LogP contribution is -2.04. The van der Waals surface area contributed by atoms with Gasteiger partial charge in [0.15, 0.2) is 0 Å². The van der Waals surface area contributed by atoms with Gasteiger partial charge in [-0.1, -0.05) is 474 Å². The number of aryl methyl sites for hydroxylation is 9. The Morgan fingerprint density at radius 2 is 0.738 bits per heavy atom. The van der Waals surface area contributed by atoms with E-state index < -0.39 is 0 Å². The molecule has 5 aliphatic rings. The average molecular weight is 1740 g/mol. The highest BCUT2D eigenvalue weighted by Gasteiger charge is 2.13. The lowest BCUT2D eigenvalue weighted by atomic mass is 9.88. The summed E-state index contributed by atoms with van der Waals surface area (Å²) in [5, 5.41) is 34.0. The van der Waals surface area contributed by atoms with Gasteiger partial charge in [0.05, 0.1) is 36.2 Å². The Morgan fingerprint density at radius 1 is 0.286 bits per heavy atom. The monoisotopic (exact) mass is 1740 g/mol. The second-order valence-electron chi connectivity index (χ2n) is 25.2. The molecule has 126 heavy (non-hydrogen) atoms. The first-order chi connectivity index (χ1) is 61.5. The third kappa shape index (κ3) is 105. The van der Waals surface area contributed by atoms with Crippen molar-refractivity contribution in [3.63, 3.8) is 0 Å². The molecular formula is C112H196N14. The summed E-state index contributed by atoms with van der Waals surface area (Å²) < 4.78 is 0. The molecule has 14 heteroatoms. The van der Waals surface area contributed by atoms with Crippen LogP contribution in [-0.2, 0) is 6.42 Å². The molecule has 0 spiro atoms. The topological polar surface area (TPSA) is 180 Å². The van der Waals surface area contributed by atoms with Crippen molar-refractivity contribution in [2.45, 2.75) is 374 Å². The van der Waals surface area contributed by atoms with Crippen LogP contribution in [0.5, 0.6) is 0 Å². The first kappa shape index (κ1) is 142. The van der Waals surface area contributed by atoms with Gasteiger partial charge in [-0.25, -0.2) is 29.9 Å². The van der Waals surface area contributed by atoms with Crippen molar-refractivity contribution < 1.29 is 0 Å². The molecule has 1 unspecified atom stereocenters. The highest BCUT2D eigenvalue weighted by atomic mass is 15.1. The Bertz CT molecular complexity index is 3380. The zero-order valence-corrected chi connectivity index (χ0v) is 89.4. The summed E-state index contributed by atoms with van der Waals surface area (Å²) in [6, 6.07) is 52.4. The first-order valence-corrected chi connectivity index (χ1v) is 48.9. The minimum atomic E-state index is 0.711. The molecule has 6 aromatic carbocycles. The molecule has 11 aromatic rings. The van der Waals surface area contributed by atoms with Crippen LogP contribution in [0.15, 0.2) is 238 Å². The summed E-state index contributed by atoms with van der Waals surface area (Å²) in [4.78, 5) is 22.5. The van der Waals surface area contributed by atoms with Crippen molar-refractivity contribution in [3.8, 4) is 0 Å². The molecular weight excluding hydrogens is 1540 g/mol. The van der Waals surface area contributed by atoms with Crippen LogP contribution in [0.25, 0.3) is 21.5 Å². The van der Waals surface area contributed by atoms with Crippen molar-refractivity contribution in [2.75, 3.05) is 0 Å². The highest BCUT2D eigenvalue weighted by Crippen LogP contribution is 2.27. The zero-order chi connectivity index (χ0) is 99.1. The SMILES string of the molecule is CC.CC.CC.CC.CC.CC.CC.CC.CC.CC.CC.CC.CC.CC.CC1C=CC1.CC1CC1.CC1CC=CC1.CC1CCC1.CC1CCCC1.CCc1ccccc1.Cc1ccc2ccccc2c1.Cc1cccc2ccccc12.Cc1ccccc1.Cc1ccnnc1.Cc1cncnn1.Cc1cnncn1.Cc1nccnn1.Cc1ncncn1. The molecule has 5 aromatic heterocycles. The molecule has 0 bridgehead atoms. The Labute approximate surface area is 780 Å². The summed E-state index contributed by atoms with van der Waals surface area (Å²) in [6.45, 7) is 85.2. The molecule has 0 aliphatic heterocycles. The van der Waals surface area contributed by atoms with Gasteiger partial charge in [0.2, 0.25) is 0 Å². The van der Waals surface area contributed by atoms with Crippen LogP contribution in [0, 0.1) is 85.0 Å². The summed E-state index contributed by atoms with van der Waals surface area (Å²) in [5.41, 5.74) is 8.30. The van der Waals surface area contributed by atoms with E-state index in [1.54, 1.807) is 44.1 Å². The van der Waals surface area contributed by atoms with Crippen molar-refractivity contribution in [1.82, 2.24) is 70.7 Å². The van der Waals surface area contributed by atoms with Gasteiger partial charge in [-0.3, -0.25) is 0 Å². The molecule has 0 saturated heterocycles. The Morgan fingerprint density at radius 3 is 1.00 bits per heavy atom. The molecule has 714 valence electrons. The number of nitrogens with zero attached hydrogens (tertiary/aromatic N) is 14. The molecule has 1 atom stereocenters. The van der Waals surface area contributed by atoms with Crippen molar-refractivity contribution in [2.24, 2.45) is 29.6 Å². The second kappa shape index (κ2) is 124. The van der Waals surface area contributed by atoms with E-state index in [0.29, 0.717) is 5.82 Å². The van der Waals surface area contributed by atoms with E-state index in [4.69, 9.17) is 0 Å². The Kier molecular flexibility index (Phi) is 140. The largest absolute Gasteiger partial charge is 0.241 e. The van der Waals surface area contributed by atoms with Crippen LogP contribution in [0.2, 0.25) is 0 Å². The van der Waals surface area contributed by atoms with Gasteiger partial charge < -0.3 is 0 Å². The van der Waals surface area contributed by atoms with Gasteiger partial charge in [0.25, 0.3) is 0 Å². The Balaban J connectivity index is -0.000000109. The second-order valence-corrected chi connectivity index (χ2v) is 25.2. The van der Waals surface area contributed by atoms with Crippen LogP contribution in [0.3, 0.4) is 0 Å². The first-order valence-electron chi connectivity index (χ1n) is 48.9. The van der Waals surface area contributed by atoms with Crippen LogP contribution in [0.1, 0.15) is 363 Å². The molecule has 14 nitrogen and oxygen atoms in total. The zero-order valence-electron chi connectivity index (χ0n) is 89.4. The lowest BCUT2D eigenvalue weighted by Gasteiger charge is -2.18. The van der Waals surface area contributed by atoms with Crippen LogP contribution >= 0.6 is 0 Å². The molecule has 0 N–H and O–H groups in total. The lowest BCUT2D eigenvalue weighted by molar-refractivity contribution is 0.346. The van der Waals surface area contributed by atoms with Crippen LogP contribution in [0.4, 0.5) is 0 Å². The maximum atomic E-state index is 3.81. The van der Waals surface area contributed by atoms with Gasteiger partial charge in [0, 0.05) is 12.4 Å². The average Bonchev–Trinajstić information content (AvgIpc) is 1.18. The van der Waals surface area contributed by atoms with Crippen LogP contribution < -0.4 is 0 Å². The minimum Gasteiger partial charge on any atom is -0.241 e. The maximum Gasteiger partial charge on any atom is 0.147 e. The number of hydrogen-bond donors (Lipinski definition) is 0. The molecule has 0 radical (unpaired) electrons. The summed E-state index contributed by atoms with van der Waals surface area (Å²) in [6.07, 6.45) is 43.0. The van der Waals surface area contributed by atoms with E-state index in [9.17, 15) is 0 Å². The molecule has 16 rings (SSSR count). The van der Waals surface area contributed by atoms with Crippen LogP contribution in [-0.4, -0.2) is 70.7 Å². The molecule has 3 saturated carbocycles.